The number of aryl methyl sites for hydroxylation is 2. The van der Waals surface area contributed by atoms with E-state index in [-0.39, 0.29) is 23.1 Å². The number of ketones is 1. The van der Waals surface area contributed by atoms with Crippen molar-refractivity contribution < 1.29 is 14.3 Å². The molecular weight excluding hydrogens is 298 g/mol. The van der Waals surface area contributed by atoms with Crippen molar-refractivity contribution in [1.29, 1.82) is 0 Å². The number of Topliss-reactive ketones (excluding diaryl/α,β-unsaturated/α-hetero) is 1. The molecule has 4 nitrogen and oxygen atoms in total. The Labute approximate surface area is 125 Å². The Bertz CT molecular complexity index is 666. The highest BCUT2D eigenvalue weighted by Gasteiger charge is 2.17. The summed E-state index contributed by atoms with van der Waals surface area (Å²) in [5.74, 6) is -0.874. The molecule has 0 unspecified atom stereocenters. The van der Waals surface area contributed by atoms with Crippen LogP contribution in [-0.4, -0.2) is 23.3 Å². The zero-order valence-electron chi connectivity index (χ0n) is 11.0. The lowest BCUT2D eigenvalue weighted by Crippen LogP contribution is -2.15. The zero-order chi connectivity index (χ0) is 14.7. The third-order valence-electron chi connectivity index (χ3n) is 2.65. The number of hydrogen-bond donors (Lipinski definition) is 0. The molecule has 0 aliphatic rings. The van der Waals surface area contributed by atoms with Gasteiger partial charge in [0.05, 0.1) is 5.56 Å². The fraction of sp³-hybridized carbons (Fsp3) is 0.214. The summed E-state index contributed by atoms with van der Waals surface area (Å²) < 4.78 is 4.98. The number of carbonyl (C=O) groups is 2. The normalized spacial score (nSPS) is 10.3. The summed E-state index contributed by atoms with van der Waals surface area (Å²) in [6.07, 6.45) is 1.47. The Morgan fingerprint density at radius 2 is 2.10 bits per heavy atom. The minimum absolute atomic E-state index is 0.0625. The van der Waals surface area contributed by atoms with Crippen LogP contribution in [0.25, 0.3) is 0 Å². The first-order valence-corrected chi connectivity index (χ1v) is 7.06. The molecule has 0 N–H and O–H groups in total. The number of aromatic nitrogens is 1. The van der Waals surface area contributed by atoms with E-state index < -0.39 is 5.97 Å². The zero-order valence-corrected chi connectivity index (χ0v) is 12.5. The van der Waals surface area contributed by atoms with Crippen LogP contribution in [0.5, 0.6) is 0 Å². The van der Waals surface area contributed by atoms with E-state index in [4.69, 9.17) is 16.3 Å². The van der Waals surface area contributed by atoms with Crippen molar-refractivity contribution in [3.8, 4) is 0 Å². The van der Waals surface area contributed by atoms with E-state index in [0.29, 0.717) is 5.56 Å². The molecule has 20 heavy (non-hydrogen) atoms. The van der Waals surface area contributed by atoms with Crippen LogP contribution >= 0.6 is 22.9 Å². The molecule has 0 radical (unpaired) electrons. The molecule has 0 saturated heterocycles. The lowest BCUT2D eigenvalue weighted by molar-refractivity contribution is 0.0474. The van der Waals surface area contributed by atoms with E-state index in [1.165, 1.54) is 23.6 Å². The standard InChI is InChI=1S/C14H12ClNO3S/c1-8-6-11(9(2)20-8)12(17)7-19-14(18)10-4-3-5-16-13(10)15/h3-6H,7H2,1-2H3. The number of pyridine rings is 1. The van der Waals surface area contributed by atoms with E-state index in [2.05, 4.69) is 4.98 Å². The van der Waals surface area contributed by atoms with Gasteiger partial charge in [0, 0.05) is 21.5 Å². The smallest absolute Gasteiger partial charge is 0.341 e. The average molecular weight is 310 g/mol. The van der Waals surface area contributed by atoms with Crippen LogP contribution in [0.15, 0.2) is 24.4 Å². The Hall–Kier alpha value is -1.72. The molecule has 2 aromatic rings. The minimum Gasteiger partial charge on any atom is -0.454 e. The number of rotatable bonds is 4. The summed E-state index contributed by atoms with van der Waals surface area (Å²) in [5.41, 5.74) is 0.748. The molecule has 6 heteroatoms. The molecule has 0 bridgehead atoms. The maximum absolute atomic E-state index is 12.0. The molecule has 2 heterocycles. The van der Waals surface area contributed by atoms with Crippen molar-refractivity contribution in [3.05, 3.63) is 50.4 Å². The molecule has 0 spiro atoms. The van der Waals surface area contributed by atoms with Crippen LogP contribution in [-0.2, 0) is 4.74 Å². The van der Waals surface area contributed by atoms with Crippen molar-refractivity contribution in [1.82, 2.24) is 4.98 Å². The molecule has 0 aliphatic heterocycles. The van der Waals surface area contributed by atoms with Crippen molar-refractivity contribution in [2.75, 3.05) is 6.61 Å². The van der Waals surface area contributed by atoms with Gasteiger partial charge in [-0.15, -0.1) is 11.3 Å². The van der Waals surface area contributed by atoms with Crippen molar-refractivity contribution in [2.45, 2.75) is 13.8 Å². The van der Waals surface area contributed by atoms with Crippen LogP contribution in [0.2, 0.25) is 5.15 Å². The number of thiophene rings is 1. The van der Waals surface area contributed by atoms with Crippen LogP contribution < -0.4 is 0 Å². The number of hydrogen-bond acceptors (Lipinski definition) is 5. The first kappa shape index (κ1) is 14.7. The van der Waals surface area contributed by atoms with Crippen molar-refractivity contribution in [2.24, 2.45) is 0 Å². The molecule has 0 amide bonds. The van der Waals surface area contributed by atoms with Crippen molar-refractivity contribution in [3.63, 3.8) is 0 Å². The third kappa shape index (κ3) is 3.23. The molecule has 0 aliphatic carbocycles. The third-order valence-corrected chi connectivity index (χ3v) is 3.92. The second kappa shape index (κ2) is 6.15. The van der Waals surface area contributed by atoms with E-state index >= 15 is 0 Å². The molecule has 0 aromatic carbocycles. The van der Waals surface area contributed by atoms with Gasteiger partial charge in [-0.1, -0.05) is 11.6 Å². The molecule has 0 fully saturated rings. The number of esters is 1. The van der Waals surface area contributed by atoms with E-state index in [9.17, 15) is 9.59 Å². The largest absolute Gasteiger partial charge is 0.454 e. The molecule has 2 aromatic heterocycles. The lowest BCUT2D eigenvalue weighted by atomic mass is 10.2. The highest BCUT2D eigenvalue weighted by molar-refractivity contribution is 7.12. The van der Waals surface area contributed by atoms with Gasteiger partial charge in [0.1, 0.15) is 5.15 Å². The summed E-state index contributed by atoms with van der Waals surface area (Å²) in [7, 11) is 0. The molecule has 0 atom stereocenters. The summed E-state index contributed by atoms with van der Waals surface area (Å²) in [4.78, 5) is 29.5. The molecule has 104 valence electrons. The number of halogens is 1. The van der Waals surface area contributed by atoms with E-state index in [1.54, 1.807) is 12.1 Å². The SMILES string of the molecule is Cc1cc(C(=O)COC(=O)c2cccnc2Cl)c(C)s1. The average Bonchev–Trinajstić information content (AvgIpc) is 2.75. The van der Waals surface area contributed by atoms with Gasteiger partial charge in [-0.3, -0.25) is 4.79 Å². The van der Waals surface area contributed by atoms with Gasteiger partial charge in [0.25, 0.3) is 0 Å². The Balaban J connectivity index is 2.02. The lowest BCUT2D eigenvalue weighted by Gasteiger charge is -2.04. The molecular formula is C14H12ClNO3S. The number of carbonyl (C=O) groups excluding carboxylic acids is 2. The summed E-state index contributed by atoms with van der Waals surface area (Å²) in [5, 5.41) is 0.0625. The van der Waals surface area contributed by atoms with Gasteiger partial charge in [0.15, 0.2) is 6.61 Å². The van der Waals surface area contributed by atoms with Gasteiger partial charge < -0.3 is 4.74 Å². The molecule has 2 rings (SSSR count). The summed E-state index contributed by atoms with van der Waals surface area (Å²) in [6.45, 7) is 3.49. The fourth-order valence-electron chi connectivity index (χ4n) is 1.73. The Morgan fingerprint density at radius 1 is 1.35 bits per heavy atom. The maximum Gasteiger partial charge on any atom is 0.341 e. The topological polar surface area (TPSA) is 56.3 Å². The Kier molecular flexibility index (Phi) is 4.52. The number of nitrogens with zero attached hydrogens (tertiary/aromatic N) is 1. The Morgan fingerprint density at radius 3 is 2.70 bits per heavy atom. The van der Waals surface area contributed by atoms with Gasteiger partial charge in [0.2, 0.25) is 5.78 Å². The highest BCUT2D eigenvalue weighted by atomic mass is 35.5. The van der Waals surface area contributed by atoms with Crippen LogP contribution in [0.3, 0.4) is 0 Å². The van der Waals surface area contributed by atoms with E-state index in [0.717, 1.165) is 9.75 Å². The van der Waals surface area contributed by atoms with Crippen LogP contribution in [0.1, 0.15) is 30.5 Å². The first-order chi connectivity index (χ1) is 9.49. The van der Waals surface area contributed by atoms with Gasteiger partial charge in [-0.25, -0.2) is 9.78 Å². The first-order valence-electron chi connectivity index (χ1n) is 5.87. The van der Waals surface area contributed by atoms with Gasteiger partial charge in [-0.05, 0) is 32.0 Å². The maximum atomic E-state index is 12.0. The number of ether oxygens (including phenoxy) is 1. The highest BCUT2D eigenvalue weighted by Crippen LogP contribution is 2.21. The quantitative estimate of drug-likeness (QED) is 0.493. The predicted octanol–water partition coefficient (Wildman–Crippen LogP) is 3.45. The van der Waals surface area contributed by atoms with Crippen LogP contribution in [0, 0.1) is 13.8 Å². The summed E-state index contributed by atoms with van der Waals surface area (Å²) in [6, 6.07) is 4.88. The second-order valence-corrected chi connectivity index (χ2v) is 5.99. The predicted molar refractivity (Wildman–Crippen MR) is 77.7 cm³/mol. The van der Waals surface area contributed by atoms with Gasteiger partial charge >= 0.3 is 5.97 Å². The van der Waals surface area contributed by atoms with Crippen molar-refractivity contribution >= 4 is 34.7 Å². The second-order valence-electron chi connectivity index (χ2n) is 4.17. The summed E-state index contributed by atoms with van der Waals surface area (Å²) >= 11 is 7.32. The molecule has 0 saturated carbocycles. The monoisotopic (exact) mass is 309 g/mol. The fourth-order valence-corrected chi connectivity index (χ4v) is 2.87. The van der Waals surface area contributed by atoms with Gasteiger partial charge in [-0.2, -0.15) is 0 Å². The minimum atomic E-state index is -0.652. The van der Waals surface area contributed by atoms with Crippen LogP contribution in [0.4, 0.5) is 0 Å². The van der Waals surface area contributed by atoms with E-state index in [1.807, 2.05) is 13.8 Å².